The molecule has 1 aromatic heterocycles. The Balaban J connectivity index is 1.08. The van der Waals surface area contributed by atoms with Crippen molar-refractivity contribution >= 4 is 38.7 Å². The zero-order chi connectivity index (χ0) is 41.7. The van der Waals surface area contributed by atoms with E-state index in [2.05, 4.69) is 264 Å². The highest BCUT2D eigenvalue weighted by Gasteiger charge is 2.46. The van der Waals surface area contributed by atoms with Gasteiger partial charge in [0.1, 0.15) is 0 Å². The number of fused-ring (bicyclic) bond motifs is 6. The van der Waals surface area contributed by atoms with Crippen molar-refractivity contribution in [3.63, 3.8) is 0 Å². The summed E-state index contributed by atoms with van der Waals surface area (Å²) in [5.74, 6) is 0. The van der Waals surface area contributed by atoms with Crippen molar-refractivity contribution in [2.45, 2.75) is 5.41 Å². The lowest BCUT2D eigenvalue weighted by atomic mass is 9.67. The average Bonchev–Trinajstić information content (AvgIpc) is 3.93. The fraction of sp³-hybridized carbons (Fsp3) is 0.0164. The van der Waals surface area contributed by atoms with Crippen molar-refractivity contribution < 1.29 is 0 Å². The summed E-state index contributed by atoms with van der Waals surface area (Å²) in [4.78, 5) is 2.41. The van der Waals surface area contributed by atoms with E-state index in [0.717, 1.165) is 22.7 Å². The number of benzene rings is 10. The fourth-order valence-electron chi connectivity index (χ4n) is 10.2. The van der Waals surface area contributed by atoms with Gasteiger partial charge in [-0.1, -0.05) is 194 Å². The van der Waals surface area contributed by atoms with E-state index < -0.39 is 5.41 Å². The van der Waals surface area contributed by atoms with E-state index in [1.54, 1.807) is 0 Å². The molecule has 1 aliphatic rings. The minimum absolute atomic E-state index is 0.607. The summed E-state index contributed by atoms with van der Waals surface area (Å²) in [7, 11) is 0. The van der Waals surface area contributed by atoms with Gasteiger partial charge in [-0.15, -0.1) is 0 Å². The van der Waals surface area contributed by atoms with Gasteiger partial charge >= 0.3 is 0 Å². The summed E-state index contributed by atoms with van der Waals surface area (Å²) in [6.45, 7) is 0. The van der Waals surface area contributed by atoms with E-state index in [1.807, 2.05) is 0 Å². The molecule has 1 heterocycles. The highest BCUT2D eigenvalue weighted by Crippen LogP contribution is 2.58. The molecule has 0 amide bonds. The molecule has 2 heteroatoms. The molecule has 0 saturated heterocycles. The lowest BCUT2D eigenvalue weighted by Gasteiger charge is -2.35. The van der Waals surface area contributed by atoms with Gasteiger partial charge < -0.3 is 9.47 Å². The van der Waals surface area contributed by atoms with Gasteiger partial charge in [0.15, 0.2) is 0 Å². The number of hydrogen-bond acceptors (Lipinski definition) is 1. The summed E-state index contributed by atoms with van der Waals surface area (Å²) in [5, 5.41) is 3.72. The van der Waals surface area contributed by atoms with Crippen LogP contribution in [0.4, 0.5) is 17.1 Å². The standard InChI is InChI=1S/C61H42N2/c1-5-15-43(16-6-1)45-27-31-51(32-28-45)63(52-33-29-46(30-34-52)44-17-7-2-8-18-44)54-36-38-57-56-37-35-53(62-40-39-48-26-25-47-19-13-14-24-55(47)60(48)62)41-58(56)61(59(57)42-54,49-20-9-3-10-21-49)50-22-11-4-12-23-50/h1-42H. The zero-order valence-electron chi connectivity index (χ0n) is 34.6. The van der Waals surface area contributed by atoms with E-state index in [0.29, 0.717) is 0 Å². The molecular weight excluding hydrogens is 761 g/mol. The van der Waals surface area contributed by atoms with Gasteiger partial charge in [-0.3, -0.25) is 0 Å². The van der Waals surface area contributed by atoms with Crippen molar-refractivity contribution in [3.8, 4) is 39.1 Å². The Morgan fingerprint density at radius 2 is 0.794 bits per heavy atom. The quantitative estimate of drug-likeness (QED) is 0.149. The summed E-state index contributed by atoms with van der Waals surface area (Å²) in [6, 6.07) is 91.2. The van der Waals surface area contributed by atoms with Crippen LogP contribution >= 0.6 is 0 Å². The van der Waals surface area contributed by atoms with Gasteiger partial charge in [0, 0.05) is 39.7 Å². The molecule has 0 N–H and O–H groups in total. The van der Waals surface area contributed by atoms with Crippen LogP contribution in [0.3, 0.4) is 0 Å². The number of hydrogen-bond donors (Lipinski definition) is 0. The van der Waals surface area contributed by atoms with E-state index in [4.69, 9.17) is 0 Å². The first-order valence-electron chi connectivity index (χ1n) is 21.7. The van der Waals surface area contributed by atoms with Crippen molar-refractivity contribution in [2.75, 3.05) is 4.90 Å². The maximum absolute atomic E-state index is 2.46. The van der Waals surface area contributed by atoms with Crippen molar-refractivity contribution in [1.29, 1.82) is 0 Å². The molecule has 10 aromatic carbocycles. The van der Waals surface area contributed by atoms with Crippen LogP contribution in [-0.4, -0.2) is 4.57 Å². The first-order chi connectivity index (χ1) is 31.2. The minimum Gasteiger partial charge on any atom is -0.316 e. The predicted molar refractivity (Wildman–Crippen MR) is 264 cm³/mol. The highest BCUT2D eigenvalue weighted by molar-refractivity contribution is 6.06. The van der Waals surface area contributed by atoms with Crippen molar-refractivity contribution in [3.05, 3.63) is 277 Å². The third kappa shape index (κ3) is 6.02. The average molecular weight is 803 g/mol. The molecule has 2 nitrogen and oxygen atoms in total. The molecule has 63 heavy (non-hydrogen) atoms. The molecule has 12 rings (SSSR count). The third-order valence-electron chi connectivity index (χ3n) is 13.1. The van der Waals surface area contributed by atoms with Gasteiger partial charge in [-0.25, -0.2) is 0 Å². The summed E-state index contributed by atoms with van der Waals surface area (Å²) < 4.78 is 2.38. The normalized spacial score (nSPS) is 12.6. The first kappa shape index (κ1) is 36.6. The van der Waals surface area contributed by atoms with Crippen LogP contribution in [0.1, 0.15) is 22.3 Å². The molecule has 0 saturated carbocycles. The topological polar surface area (TPSA) is 8.17 Å². The second kappa shape index (κ2) is 15.1. The second-order valence-corrected chi connectivity index (χ2v) is 16.5. The van der Waals surface area contributed by atoms with Crippen LogP contribution in [0.25, 0.3) is 60.7 Å². The third-order valence-corrected chi connectivity index (χ3v) is 13.1. The van der Waals surface area contributed by atoms with E-state index in [-0.39, 0.29) is 0 Å². The number of aromatic nitrogens is 1. The first-order valence-corrected chi connectivity index (χ1v) is 21.7. The highest BCUT2D eigenvalue weighted by atomic mass is 15.1. The van der Waals surface area contributed by atoms with E-state index in [9.17, 15) is 0 Å². The molecule has 0 spiro atoms. The summed E-state index contributed by atoms with van der Waals surface area (Å²) >= 11 is 0. The largest absolute Gasteiger partial charge is 0.316 e. The summed E-state index contributed by atoms with van der Waals surface area (Å²) in [6.07, 6.45) is 2.23. The van der Waals surface area contributed by atoms with Crippen molar-refractivity contribution in [1.82, 2.24) is 4.57 Å². The number of nitrogens with zero attached hydrogens (tertiary/aromatic N) is 2. The molecule has 0 fully saturated rings. The Kier molecular flexibility index (Phi) is 8.76. The Labute approximate surface area is 368 Å². The zero-order valence-corrected chi connectivity index (χ0v) is 34.6. The number of rotatable bonds is 8. The van der Waals surface area contributed by atoms with E-state index >= 15 is 0 Å². The lowest BCUT2D eigenvalue weighted by Crippen LogP contribution is -2.29. The molecule has 0 unspecified atom stereocenters. The van der Waals surface area contributed by atoms with Crippen LogP contribution < -0.4 is 4.90 Å². The van der Waals surface area contributed by atoms with Gasteiger partial charge in [0.05, 0.1) is 10.9 Å². The maximum Gasteiger partial charge on any atom is 0.0715 e. The van der Waals surface area contributed by atoms with Gasteiger partial charge in [0.2, 0.25) is 0 Å². The smallest absolute Gasteiger partial charge is 0.0715 e. The van der Waals surface area contributed by atoms with E-state index in [1.165, 1.54) is 77.3 Å². The Morgan fingerprint density at radius 3 is 1.38 bits per heavy atom. The Hall–Kier alpha value is -8.20. The van der Waals surface area contributed by atoms with Crippen LogP contribution in [0, 0.1) is 0 Å². The fourth-order valence-corrected chi connectivity index (χ4v) is 10.2. The summed E-state index contributed by atoms with van der Waals surface area (Å²) in [5.41, 5.74) is 17.3. The molecule has 0 atom stereocenters. The Morgan fingerprint density at radius 1 is 0.333 bits per heavy atom. The number of anilines is 3. The SMILES string of the molecule is c1ccc(-c2ccc(N(c3ccc(-c4ccccc4)cc3)c3ccc4c(c3)C(c3ccccc3)(c3ccccc3)c3cc(-n5ccc6ccc7ccccc7c65)ccc3-4)cc2)cc1. The second-order valence-electron chi connectivity index (χ2n) is 16.5. The molecule has 0 bridgehead atoms. The monoisotopic (exact) mass is 802 g/mol. The van der Waals surface area contributed by atoms with Crippen LogP contribution in [-0.2, 0) is 5.41 Å². The molecule has 1 aliphatic carbocycles. The molecule has 0 aliphatic heterocycles. The molecule has 296 valence electrons. The van der Waals surface area contributed by atoms with Crippen molar-refractivity contribution in [2.24, 2.45) is 0 Å². The molecule has 0 radical (unpaired) electrons. The lowest BCUT2D eigenvalue weighted by molar-refractivity contribution is 0.767. The Bertz CT molecular complexity index is 3280. The molecule has 11 aromatic rings. The minimum atomic E-state index is -0.607. The predicted octanol–water partition coefficient (Wildman–Crippen LogP) is 16.0. The maximum atomic E-state index is 2.46. The van der Waals surface area contributed by atoms with Gasteiger partial charge in [0.25, 0.3) is 0 Å². The van der Waals surface area contributed by atoms with Gasteiger partial charge in [-0.2, -0.15) is 0 Å². The van der Waals surface area contributed by atoms with Crippen LogP contribution in [0.15, 0.2) is 255 Å². The van der Waals surface area contributed by atoms with Gasteiger partial charge in [-0.05, 0) is 116 Å². The molecular formula is C61H42N2. The van der Waals surface area contributed by atoms with Crippen LogP contribution in [0.2, 0.25) is 0 Å². The van der Waals surface area contributed by atoms with Crippen LogP contribution in [0.5, 0.6) is 0 Å².